The number of rotatable bonds is 7. The minimum atomic E-state index is -1.19. The molecule has 28 heavy (non-hydrogen) atoms. The predicted molar refractivity (Wildman–Crippen MR) is 97.9 cm³/mol. The maximum atomic E-state index is 13.2. The number of Topliss-reactive ketones (excluding diaryl/α,β-unsaturated/α-hetero) is 2. The van der Waals surface area contributed by atoms with Crippen LogP contribution in [0.3, 0.4) is 0 Å². The number of ketones is 2. The van der Waals surface area contributed by atoms with Crippen molar-refractivity contribution in [3.8, 4) is 6.07 Å². The molecule has 8 heteroatoms. The smallest absolute Gasteiger partial charge is 0.349 e. The van der Waals surface area contributed by atoms with Crippen molar-refractivity contribution in [1.29, 1.82) is 10.7 Å². The number of carbonyl (C=O) groups excluding carboxylic acids is 4. The van der Waals surface area contributed by atoms with Gasteiger partial charge in [-0.1, -0.05) is 38.1 Å². The lowest BCUT2D eigenvalue weighted by Gasteiger charge is -2.13. The number of hydrogen-bond acceptors (Lipinski definition) is 8. The van der Waals surface area contributed by atoms with E-state index in [1.807, 2.05) is 0 Å². The molecule has 1 aromatic rings. The van der Waals surface area contributed by atoms with Gasteiger partial charge in [-0.2, -0.15) is 5.26 Å². The fraction of sp³-hybridized carbons (Fsp3) is 0.250. The van der Waals surface area contributed by atoms with E-state index in [1.165, 1.54) is 24.3 Å². The molecule has 0 amide bonds. The van der Waals surface area contributed by atoms with Crippen molar-refractivity contribution in [3.05, 3.63) is 52.1 Å². The lowest BCUT2D eigenvalue weighted by Crippen LogP contribution is -2.22. The minimum Gasteiger partial charge on any atom is -0.465 e. The molecule has 0 aliphatic carbocycles. The van der Waals surface area contributed by atoms with Gasteiger partial charge in [-0.3, -0.25) is 15.0 Å². The van der Waals surface area contributed by atoms with Crippen LogP contribution in [0, 0.1) is 22.7 Å². The highest BCUT2D eigenvalue weighted by Crippen LogP contribution is 2.24. The first kappa shape index (κ1) is 22.2. The maximum Gasteiger partial charge on any atom is 0.349 e. The Balaban J connectivity index is 3.88. The van der Waals surface area contributed by atoms with Gasteiger partial charge in [0.1, 0.15) is 17.2 Å². The summed E-state index contributed by atoms with van der Waals surface area (Å²) in [6, 6.07) is 7.29. The van der Waals surface area contributed by atoms with E-state index in [9.17, 15) is 24.4 Å². The second-order valence-corrected chi connectivity index (χ2v) is 5.74. The third-order valence-electron chi connectivity index (χ3n) is 3.70. The van der Waals surface area contributed by atoms with Crippen molar-refractivity contribution in [1.82, 2.24) is 0 Å². The van der Waals surface area contributed by atoms with E-state index in [1.54, 1.807) is 25.8 Å². The summed E-state index contributed by atoms with van der Waals surface area (Å²) in [6.45, 7) is 3.29. The Morgan fingerprint density at radius 1 is 1.00 bits per heavy atom. The van der Waals surface area contributed by atoms with Gasteiger partial charge in [0.15, 0.2) is 11.6 Å². The summed E-state index contributed by atoms with van der Waals surface area (Å²) in [7, 11) is 1.99. The molecular weight excluding hydrogens is 364 g/mol. The van der Waals surface area contributed by atoms with Crippen molar-refractivity contribution >= 4 is 29.4 Å². The molecule has 0 fully saturated rings. The molecule has 0 heterocycles. The van der Waals surface area contributed by atoms with Crippen LogP contribution in [0.15, 0.2) is 41.0 Å². The molecule has 1 aromatic carbocycles. The summed E-state index contributed by atoms with van der Waals surface area (Å²) in [5, 5.41) is 16.7. The topological polar surface area (TPSA) is 134 Å². The van der Waals surface area contributed by atoms with Gasteiger partial charge in [0, 0.05) is 17.0 Å². The molecule has 0 radical (unpaired) electrons. The molecule has 0 saturated heterocycles. The van der Waals surface area contributed by atoms with Crippen molar-refractivity contribution in [2.24, 2.45) is 5.92 Å². The van der Waals surface area contributed by atoms with Crippen LogP contribution in [0.25, 0.3) is 0 Å². The van der Waals surface area contributed by atoms with Gasteiger partial charge < -0.3 is 9.47 Å². The number of nitriles is 1. The number of esters is 2. The Bertz CT molecular complexity index is 959. The number of nitrogens with one attached hydrogen (secondary N) is 1. The molecule has 0 aliphatic heterocycles. The Labute approximate surface area is 161 Å². The molecule has 0 unspecified atom stereocenters. The van der Waals surface area contributed by atoms with Gasteiger partial charge in [-0.25, -0.2) is 9.59 Å². The zero-order chi connectivity index (χ0) is 21.4. The van der Waals surface area contributed by atoms with Gasteiger partial charge in [-0.15, -0.1) is 0 Å². The van der Waals surface area contributed by atoms with Crippen molar-refractivity contribution in [2.45, 2.75) is 13.8 Å². The molecule has 0 atom stereocenters. The molecule has 0 spiro atoms. The van der Waals surface area contributed by atoms with Gasteiger partial charge in [-0.05, 0) is 5.87 Å². The van der Waals surface area contributed by atoms with E-state index in [0.29, 0.717) is 0 Å². The molecule has 1 rings (SSSR count). The molecule has 1 N–H and O–H groups in total. The van der Waals surface area contributed by atoms with Crippen LogP contribution in [-0.2, 0) is 19.1 Å². The van der Waals surface area contributed by atoms with Crippen LogP contribution in [0.1, 0.15) is 34.6 Å². The Hall–Kier alpha value is -3.82. The third-order valence-corrected chi connectivity index (χ3v) is 3.70. The summed E-state index contributed by atoms with van der Waals surface area (Å²) in [6.07, 6.45) is 0. The largest absolute Gasteiger partial charge is 0.465 e. The first-order chi connectivity index (χ1) is 13.2. The summed E-state index contributed by atoms with van der Waals surface area (Å²) >= 11 is 0. The first-order valence-corrected chi connectivity index (χ1v) is 8.04. The van der Waals surface area contributed by atoms with Crippen LogP contribution in [-0.4, -0.2) is 43.6 Å². The Morgan fingerprint density at radius 3 is 1.96 bits per heavy atom. The van der Waals surface area contributed by atoms with Gasteiger partial charge in [0.2, 0.25) is 0 Å². The second-order valence-electron chi connectivity index (χ2n) is 5.74. The lowest BCUT2D eigenvalue weighted by atomic mass is 9.88. The average molecular weight is 382 g/mol. The normalized spacial score (nSPS) is 10.9. The zero-order valence-electron chi connectivity index (χ0n) is 15.8. The molecular formula is C20H18N2O6. The molecule has 8 nitrogen and oxygen atoms in total. The quantitative estimate of drug-likeness (QED) is 0.190. The Kier molecular flexibility index (Phi) is 7.75. The number of nitrogens with zero attached hydrogens (tertiary/aromatic N) is 1. The standard InChI is InChI=1S/C20H18N2O6/c1-11(2)17(23)12-7-5-6-8-13(12)18(24)16(14(9-21)19(25)27-3)15(10-22)20(26)28-4/h5-8,11,21H,1-4H3/b16-15+. The second kappa shape index (κ2) is 9.76. The SMILES string of the molecule is COC(=O)C(=C=N)/C(C(=O)c1ccccc1C(=O)C(C)C)=C(/C#N)C(=O)OC. The fourth-order valence-electron chi connectivity index (χ4n) is 2.32. The number of hydrogen-bond donors (Lipinski definition) is 1. The number of methoxy groups -OCH3 is 2. The van der Waals surface area contributed by atoms with Crippen LogP contribution in [0.5, 0.6) is 0 Å². The summed E-state index contributed by atoms with van der Waals surface area (Å²) in [5.74, 6) is -2.36. The van der Waals surface area contributed by atoms with Crippen molar-refractivity contribution in [2.75, 3.05) is 14.2 Å². The van der Waals surface area contributed by atoms with E-state index in [4.69, 9.17) is 5.41 Å². The minimum absolute atomic E-state index is 0.0522. The molecule has 0 aromatic heterocycles. The van der Waals surface area contributed by atoms with E-state index in [0.717, 1.165) is 14.2 Å². The number of carbonyl (C=O) groups is 4. The molecule has 0 saturated carbocycles. The van der Waals surface area contributed by atoms with Crippen molar-refractivity contribution < 1.29 is 28.7 Å². The summed E-state index contributed by atoms with van der Waals surface area (Å²) < 4.78 is 9.02. The lowest BCUT2D eigenvalue weighted by molar-refractivity contribution is -0.135. The summed E-state index contributed by atoms with van der Waals surface area (Å²) in [5.41, 5.74) is -2.35. The third kappa shape index (κ3) is 4.47. The van der Waals surface area contributed by atoms with E-state index in [-0.39, 0.29) is 16.9 Å². The van der Waals surface area contributed by atoms with E-state index in [2.05, 4.69) is 9.47 Å². The van der Waals surface area contributed by atoms with Gasteiger partial charge in [0.25, 0.3) is 0 Å². The Morgan fingerprint density at radius 2 is 1.54 bits per heavy atom. The average Bonchev–Trinajstić information content (AvgIpc) is 2.71. The highest BCUT2D eigenvalue weighted by atomic mass is 16.5. The highest BCUT2D eigenvalue weighted by Gasteiger charge is 2.32. The monoisotopic (exact) mass is 382 g/mol. The van der Waals surface area contributed by atoms with Gasteiger partial charge in [0.05, 0.1) is 19.8 Å². The van der Waals surface area contributed by atoms with Gasteiger partial charge >= 0.3 is 11.9 Å². The maximum absolute atomic E-state index is 13.2. The van der Waals surface area contributed by atoms with E-state index >= 15 is 0 Å². The van der Waals surface area contributed by atoms with Crippen LogP contribution in [0.4, 0.5) is 0 Å². The van der Waals surface area contributed by atoms with Crippen molar-refractivity contribution in [3.63, 3.8) is 0 Å². The first-order valence-electron chi connectivity index (χ1n) is 8.04. The molecule has 0 aliphatic rings. The summed E-state index contributed by atoms with van der Waals surface area (Å²) in [4.78, 5) is 49.7. The van der Waals surface area contributed by atoms with Crippen LogP contribution >= 0.6 is 0 Å². The number of ether oxygens (including phenoxy) is 2. The predicted octanol–water partition coefficient (Wildman–Crippen LogP) is 2.05. The number of benzene rings is 1. The fourth-order valence-corrected chi connectivity index (χ4v) is 2.32. The molecule has 0 bridgehead atoms. The molecule has 144 valence electrons. The van der Waals surface area contributed by atoms with Crippen LogP contribution < -0.4 is 0 Å². The van der Waals surface area contributed by atoms with Crippen LogP contribution in [0.2, 0.25) is 0 Å². The zero-order valence-corrected chi connectivity index (χ0v) is 15.8. The van der Waals surface area contributed by atoms with E-state index < -0.39 is 40.4 Å². The highest BCUT2D eigenvalue weighted by molar-refractivity contribution is 6.26.